The number of rotatable bonds is 12. The van der Waals surface area contributed by atoms with Crippen LogP contribution in [-0.4, -0.2) is 71.0 Å². The number of nitrogens with zero attached hydrogens (tertiary/aromatic N) is 2. The van der Waals surface area contributed by atoms with Gasteiger partial charge in [0.05, 0.1) is 0 Å². The summed E-state index contributed by atoms with van der Waals surface area (Å²) in [5, 5.41) is 1.94. The van der Waals surface area contributed by atoms with Crippen LogP contribution in [0.1, 0.15) is 56.1 Å². The Morgan fingerprint density at radius 2 is 1.10 bits per heavy atom. The molecule has 2 aliphatic heterocycles. The molecule has 0 aliphatic carbocycles. The number of fused-ring (bicyclic) bond motifs is 2. The highest BCUT2D eigenvalue weighted by atomic mass is 16.5. The van der Waals surface area contributed by atoms with Gasteiger partial charge in [0.2, 0.25) is 0 Å². The molecule has 2 aromatic carbocycles. The number of carbonyl (C=O) groups is 2. The van der Waals surface area contributed by atoms with Gasteiger partial charge in [-0.25, -0.2) is 0 Å². The molecule has 2 fully saturated rings. The minimum Gasteiger partial charge on any atom is -0.426 e. The van der Waals surface area contributed by atoms with Crippen molar-refractivity contribution in [1.82, 2.24) is 19.8 Å². The molecule has 8 nitrogen and oxygen atoms in total. The van der Waals surface area contributed by atoms with Gasteiger partial charge in [0.25, 0.3) is 0 Å². The number of H-pyrrole nitrogens is 2. The van der Waals surface area contributed by atoms with Gasteiger partial charge in [0, 0.05) is 60.1 Å². The Balaban J connectivity index is 1.02. The molecule has 2 saturated heterocycles. The molecule has 0 unspecified atom stereocenters. The van der Waals surface area contributed by atoms with Crippen molar-refractivity contribution in [2.45, 2.75) is 57.8 Å². The summed E-state index contributed by atoms with van der Waals surface area (Å²) in [4.78, 5) is 37.1. The minimum absolute atomic E-state index is 0.147. The van der Waals surface area contributed by atoms with Crippen LogP contribution in [0, 0.1) is 0 Å². The number of likely N-dealkylation sites (tertiary alicyclic amines) is 2. The van der Waals surface area contributed by atoms with E-state index >= 15 is 0 Å². The quantitative estimate of drug-likeness (QED) is 0.174. The Morgan fingerprint density at radius 1 is 0.659 bits per heavy atom. The van der Waals surface area contributed by atoms with Crippen molar-refractivity contribution in [1.29, 1.82) is 0 Å². The minimum atomic E-state index is -0.339. The second-order valence-corrected chi connectivity index (χ2v) is 11.4. The van der Waals surface area contributed by atoms with Crippen LogP contribution in [0.3, 0.4) is 0 Å². The number of ether oxygens (including phenoxy) is 2. The molecule has 0 saturated carbocycles. The van der Waals surface area contributed by atoms with E-state index in [1.807, 2.05) is 48.8 Å². The van der Waals surface area contributed by atoms with E-state index in [9.17, 15) is 9.59 Å². The summed E-state index contributed by atoms with van der Waals surface area (Å²) in [6.45, 7) is 6.65. The normalized spacial score (nSPS) is 16.2. The van der Waals surface area contributed by atoms with Crippen LogP contribution >= 0.6 is 0 Å². The first kappa shape index (κ1) is 27.5. The lowest BCUT2D eigenvalue weighted by molar-refractivity contribution is -0.135. The number of carbonyl (C=O) groups excluding carboxylic acids is 2. The van der Waals surface area contributed by atoms with Gasteiger partial charge in [-0.2, -0.15) is 0 Å². The summed E-state index contributed by atoms with van der Waals surface area (Å²) >= 11 is 0. The van der Waals surface area contributed by atoms with E-state index in [1.165, 1.54) is 25.7 Å². The average molecular weight is 557 g/mol. The third-order valence-corrected chi connectivity index (χ3v) is 8.50. The second-order valence-electron chi connectivity index (χ2n) is 11.4. The fraction of sp³-hybridized carbons (Fsp3) is 0.455. The molecule has 2 aliphatic rings. The molecule has 4 heterocycles. The Labute approximate surface area is 241 Å². The smallest absolute Gasteiger partial charge is 0.311 e. The van der Waals surface area contributed by atoms with Gasteiger partial charge < -0.3 is 29.2 Å². The molecule has 6 rings (SSSR count). The molecule has 0 spiro atoms. The van der Waals surface area contributed by atoms with Crippen LogP contribution in [0.2, 0.25) is 0 Å². The first-order chi connectivity index (χ1) is 20.1. The summed E-state index contributed by atoms with van der Waals surface area (Å²) < 4.78 is 11.6. The number of nitrogens with one attached hydrogen (secondary N) is 2. The molecule has 2 aromatic heterocycles. The van der Waals surface area contributed by atoms with E-state index in [0.717, 1.165) is 85.0 Å². The largest absolute Gasteiger partial charge is 0.426 e. The van der Waals surface area contributed by atoms with Crippen molar-refractivity contribution in [2.75, 3.05) is 39.3 Å². The maximum atomic E-state index is 12.8. The van der Waals surface area contributed by atoms with Crippen molar-refractivity contribution in [3.63, 3.8) is 0 Å². The fourth-order valence-corrected chi connectivity index (χ4v) is 6.30. The third kappa shape index (κ3) is 6.66. The van der Waals surface area contributed by atoms with Crippen LogP contribution < -0.4 is 9.47 Å². The molecule has 2 N–H and O–H groups in total. The Morgan fingerprint density at radius 3 is 1.54 bits per heavy atom. The summed E-state index contributed by atoms with van der Waals surface area (Å²) in [5.41, 5.74) is 4.26. The van der Waals surface area contributed by atoms with Crippen molar-refractivity contribution in [3.05, 3.63) is 59.9 Å². The average Bonchev–Trinajstić information content (AvgIpc) is 3.78. The molecule has 0 atom stereocenters. The highest BCUT2D eigenvalue weighted by Crippen LogP contribution is 2.31. The van der Waals surface area contributed by atoms with Gasteiger partial charge in [-0.15, -0.1) is 0 Å². The predicted molar refractivity (Wildman–Crippen MR) is 160 cm³/mol. The topological polar surface area (TPSA) is 90.7 Å². The van der Waals surface area contributed by atoms with Crippen molar-refractivity contribution in [2.24, 2.45) is 0 Å². The monoisotopic (exact) mass is 556 g/mol. The molecule has 0 bridgehead atoms. The van der Waals surface area contributed by atoms with E-state index in [-0.39, 0.29) is 24.8 Å². The maximum absolute atomic E-state index is 12.8. The standard InChI is InChI=1S/C33H40N4O4/c38-30(40-28-10-5-8-26-32(28)24(22-34-26)14-20-36-16-1-2-17-36)12-7-13-31(39)41-29-11-6-9-27-33(29)25(23-35-27)15-21-37-18-3-4-19-37/h5-6,8-11,22-23,34-35H,1-4,7,12-21H2. The van der Waals surface area contributed by atoms with Gasteiger partial charge in [-0.1, -0.05) is 12.1 Å². The number of aromatic amines is 2. The zero-order chi connectivity index (χ0) is 28.0. The lowest BCUT2D eigenvalue weighted by atomic mass is 10.1. The predicted octanol–water partition coefficient (Wildman–Crippen LogP) is 5.61. The number of esters is 2. The zero-order valence-corrected chi connectivity index (χ0v) is 23.8. The van der Waals surface area contributed by atoms with Gasteiger partial charge in [-0.3, -0.25) is 9.59 Å². The highest BCUT2D eigenvalue weighted by Gasteiger charge is 2.18. The number of hydrogen-bond donors (Lipinski definition) is 2. The number of hydrogen-bond acceptors (Lipinski definition) is 6. The molecule has 0 amide bonds. The van der Waals surface area contributed by atoms with Gasteiger partial charge in [0.1, 0.15) is 11.5 Å². The first-order valence-corrected chi connectivity index (χ1v) is 15.2. The second kappa shape index (κ2) is 12.9. The van der Waals surface area contributed by atoms with E-state index < -0.39 is 0 Å². The number of benzene rings is 2. The maximum Gasteiger partial charge on any atom is 0.311 e. The van der Waals surface area contributed by atoms with E-state index in [1.54, 1.807) is 0 Å². The van der Waals surface area contributed by atoms with Crippen LogP contribution in [0.15, 0.2) is 48.8 Å². The summed E-state index contributed by atoms with van der Waals surface area (Å²) in [5.74, 6) is 0.476. The Bertz CT molecular complexity index is 1380. The van der Waals surface area contributed by atoms with Gasteiger partial charge in [0.15, 0.2) is 0 Å². The lowest BCUT2D eigenvalue weighted by Gasteiger charge is -2.14. The van der Waals surface area contributed by atoms with Crippen LogP contribution in [0.5, 0.6) is 11.5 Å². The van der Waals surface area contributed by atoms with Crippen molar-refractivity contribution < 1.29 is 19.1 Å². The Hall–Kier alpha value is -3.62. The van der Waals surface area contributed by atoms with Crippen LogP contribution in [0.4, 0.5) is 0 Å². The summed E-state index contributed by atoms with van der Waals surface area (Å²) in [6.07, 6.45) is 11.6. The van der Waals surface area contributed by atoms with Crippen molar-refractivity contribution >= 4 is 33.7 Å². The molecule has 8 heteroatoms. The molecular formula is C33H40N4O4. The SMILES string of the molecule is O=C(CCCC(=O)Oc1cccc2[nH]cc(CCN3CCCC3)c12)Oc1cccc2[nH]cc(CCN3CCCC3)c12. The highest BCUT2D eigenvalue weighted by molar-refractivity contribution is 5.92. The first-order valence-electron chi connectivity index (χ1n) is 15.2. The molecular weight excluding hydrogens is 516 g/mol. The molecule has 4 aromatic rings. The molecule has 0 radical (unpaired) electrons. The van der Waals surface area contributed by atoms with E-state index in [0.29, 0.717) is 17.9 Å². The molecule has 41 heavy (non-hydrogen) atoms. The third-order valence-electron chi connectivity index (χ3n) is 8.50. The number of aromatic nitrogens is 2. The van der Waals surface area contributed by atoms with Gasteiger partial charge in [-0.05, 0) is 107 Å². The molecule has 216 valence electrons. The van der Waals surface area contributed by atoms with Crippen molar-refractivity contribution in [3.8, 4) is 11.5 Å². The summed E-state index contributed by atoms with van der Waals surface area (Å²) in [6, 6.07) is 11.5. The van der Waals surface area contributed by atoms with E-state index in [4.69, 9.17) is 9.47 Å². The van der Waals surface area contributed by atoms with Gasteiger partial charge >= 0.3 is 11.9 Å². The van der Waals surface area contributed by atoms with E-state index in [2.05, 4.69) is 19.8 Å². The summed E-state index contributed by atoms with van der Waals surface area (Å²) in [7, 11) is 0. The zero-order valence-electron chi connectivity index (χ0n) is 23.8. The van der Waals surface area contributed by atoms with Crippen LogP contribution in [-0.2, 0) is 22.4 Å². The lowest BCUT2D eigenvalue weighted by Crippen LogP contribution is -2.21. The van der Waals surface area contributed by atoms with Crippen LogP contribution in [0.25, 0.3) is 21.8 Å². The Kier molecular flexibility index (Phi) is 8.68. The fourth-order valence-electron chi connectivity index (χ4n) is 6.30.